The molecule has 0 aliphatic carbocycles. The van der Waals surface area contributed by atoms with Crippen molar-refractivity contribution >= 4 is 25.5 Å². The summed E-state index contributed by atoms with van der Waals surface area (Å²) in [6.07, 6.45) is 7.01. The molecule has 0 spiro atoms. The lowest BCUT2D eigenvalue weighted by atomic mass is 10.0. The van der Waals surface area contributed by atoms with E-state index in [0.717, 1.165) is 74.2 Å². The average molecular weight is 594 g/mol. The maximum Gasteiger partial charge on any atom is 0.472 e. The van der Waals surface area contributed by atoms with Gasteiger partial charge in [0.25, 0.3) is 0 Å². The predicted molar refractivity (Wildman–Crippen MR) is 151 cm³/mol. The number of hydrogen-bond acceptors (Lipinski definition) is 12. The molecule has 7 N–H and O–H groups in total. The molecule has 2 saturated heterocycles. The van der Waals surface area contributed by atoms with Crippen molar-refractivity contribution in [1.29, 1.82) is 0 Å². The first-order chi connectivity index (χ1) is 19.7. The van der Waals surface area contributed by atoms with E-state index in [1.54, 1.807) is 0 Å². The molecule has 5 heterocycles. The van der Waals surface area contributed by atoms with E-state index in [1.807, 2.05) is 0 Å². The second kappa shape index (κ2) is 13.4. The fraction of sp³-hybridized carbons (Fsp3) is 0.667. The quantitative estimate of drug-likeness (QED) is 0.0957. The third-order valence-corrected chi connectivity index (χ3v) is 9.11. The van der Waals surface area contributed by atoms with Gasteiger partial charge >= 0.3 is 7.82 Å². The number of fused-ring (bicyclic) bond motifs is 7. The summed E-state index contributed by atoms with van der Waals surface area (Å²) in [5.74, 6) is 0. The Kier molecular flexibility index (Phi) is 9.88. The Bertz CT molecular complexity index is 1200. The molecule has 4 unspecified atom stereocenters. The molecule has 7 atom stereocenters. The number of aldehydes is 1. The first-order valence-electron chi connectivity index (χ1n) is 14.4. The number of carbonyl (C=O) groups excluding carboxylic acids is 1. The summed E-state index contributed by atoms with van der Waals surface area (Å²) in [5.41, 5.74) is 6.65. The molecule has 0 amide bonds. The minimum atomic E-state index is -4.71. The van der Waals surface area contributed by atoms with Crippen LogP contribution in [-0.2, 0) is 18.4 Å². The maximum absolute atomic E-state index is 12.3. The summed E-state index contributed by atoms with van der Waals surface area (Å²) in [6, 6.07) is 0.644. The number of rotatable bonds is 12. The van der Waals surface area contributed by atoms with Gasteiger partial charge in [0.05, 0.1) is 25.0 Å². The Hall–Kier alpha value is -2.22. The second-order valence-corrected chi connectivity index (χ2v) is 12.5. The molecule has 14 heteroatoms. The fourth-order valence-electron chi connectivity index (χ4n) is 5.97. The summed E-state index contributed by atoms with van der Waals surface area (Å²) in [6.45, 7) is -0.564. The number of phosphoric acid groups is 1. The van der Waals surface area contributed by atoms with Crippen molar-refractivity contribution in [3.05, 3.63) is 34.9 Å². The molecule has 0 aromatic carbocycles. The van der Waals surface area contributed by atoms with Crippen molar-refractivity contribution < 1.29 is 38.6 Å². The van der Waals surface area contributed by atoms with Crippen molar-refractivity contribution in [2.45, 2.75) is 94.2 Å². The summed E-state index contributed by atoms with van der Waals surface area (Å²) in [4.78, 5) is 31.2. The fourth-order valence-corrected chi connectivity index (χ4v) is 6.87. The van der Waals surface area contributed by atoms with Crippen LogP contribution in [0.2, 0.25) is 0 Å². The van der Waals surface area contributed by atoms with E-state index in [2.05, 4.69) is 28.1 Å². The van der Waals surface area contributed by atoms with Gasteiger partial charge in [0, 0.05) is 47.1 Å². The van der Waals surface area contributed by atoms with E-state index in [9.17, 15) is 24.5 Å². The standard InChI is InChI=1S/C27H40N5O8P/c33-14-24(35)27(36)25(15-34)40-41(37,38)39-11-1-10-28-26-22-7-5-19(31-22)13-17-3-2-16(29-17)12-18-4-6-20(30-18)21-8-9-23(26)32-21/h12-13,15,20-21,23-25,27-29,32-33,35-36H,1-11,14H2,(H,37,38)/t20?,21?,23?,24-,25+,27-/m1/s1. The van der Waals surface area contributed by atoms with Gasteiger partial charge in [0.2, 0.25) is 0 Å². The SMILES string of the molecule is O=C[C@H](OP(=O)(O)OCCCNC1=C2CCC(=N2)C=C2CCC(=CC3=NC(CC3)C3CCC1N3)N2)[C@H](O)[C@H](O)CO. The van der Waals surface area contributed by atoms with Gasteiger partial charge in [-0.25, -0.2) is 4.57 Å². The molecule has 13 nitrogen and oxygen atoms in total. The van der Waals surface area contributed by atoms with Crippen LogP contribution in [0.3, 0.4) is 0 Å². The van der Waals surface area contributed by atoms with Gasteiger partial charge in [-0.1, -0.05) is 0 Å². The minimum Gasteiger partial charge on any atom is -0.394 e. The Morgan fingerprint density at radius 2 is 1.88 bits per heavy atom. The van der Waals surface area contributed by atoms with Crippen LogP contribution in [0.25, 0.3) is 0 Å². The summed E-state index contributed by atoms with van der Waals surface area (Å²) >= 11 is 0. The van der Waals surface area contributed by atoms with Crippen LogP contribution in [0.4, 0.5) is 0 Å². The van der Waals surface area contributed by atoms with Crippen LogP contribution < -0.4 is 16.0 Å². The number of hydrogen-bond donors (Lipinski definition) is 7. The van der Waals surface area contributed by atoms with E-state index < -0.39 is 32.7 Å². The molecule has 226 valence electrons. The number of aliphatic hydroxyl groups is 3. The van der Waals surface area contributed by atoms with E-state index >= 15 is 0 Å². The highest BCUT2D eigenvalue weighted by Gasteiger charge is 2.36. The van der Waals surface area contributed by atoms with Crippen molar-refractivity contribution in [3.8, 4) is 0 Å². The topological polar surface area (TPSA) is 194 Å². The van der Waals surface area contributed by atoms with Gasteiger partial charge in [0.15, 0.2) is 12.4 Å². The molecule has 0 saturated carbocycles. The lowest BCUT2D eigenvalue weighted by Crippen LogP contribution is -2.41. The van der Waals surface area contributed by atoms with Gasteiger partial charge in [0.1, 0.15) is 12.2 Å². The van der Waals surface area contributed by atoms with Crippen LogP contribution in [0, 0.1) is 0 Å². The Balaban J connectivity index is 1.22. The largest absolute Gasteiger partial charge is 0.472 e. The Morgan fingerprint density at radius 1 is 1.10 bits per heavy atom. The molecular weight excluding hydrogens is 553 g/mol. The summed E-state index contributed by atoms with van der Waals surface area (Å²) < 4.78 is 22.0. The molecule has 5 aliphatic heterocycles. The Labute approximate surface area is 239 Å². The number of allylic oxidation sites excluding steroid dienone is 5. The molecule has 2 fully saturated rings. The summed E-state index contributed by atoms with van der Waals surface area (Å²) in [5, 5.41) is 39.1. The highest BCUT2D eigenvalue weighted by Crippen LogP contribution is 2.45. The highest BCUT2D eigenvalue weighted by molar-refractivity contribution is 7.47. The number of aliphatic imine (C=N–C) groups is 2. The van der Waals surface area contributed by atoms with Gasteiger partial charge in [-0.15, -0.1) is 0 Å². The average Bonchev–Trinajstić information content (AvgIpc) is 3.77. The first-order valence-corrected chi connectivity index (χ1v) is 15.9. The zero-order valence-electron chi connectivity index (χ0n) is 22.9. The van der Waals surface area contributed by atoms with Crippen molar-refractivity contribution in [1.82, 2.24) is 16.0 Å². The molecular formula is C27H40N5O8P. The van der Waals surface area contributed by atoms with Gasteiger partial charge < -0.3 is 41.0 Å². The van der Waals surface area contributed by atoms with E-state index in [0.29, 0.717) is 19.0 Å². The number of phosphoric ester groups is 1. The molecule has 41 heavy (non-hydrogen) atoms. The molecule has 0 aromatic heterocycles. The predicted octanol–water partition coefficient (Wildman–Crippen LogP) is 0.717. The van der Waals surface area contributed by atoms with E-state index in [-0.39, 0.29) is 25.0 Å². The van der Waals surface area contributed by atoms with E-state index in [4.69, 9.17) is 24.1 Å². The monoisotopic (exact) mass is 593 g/mol. The zero-order chi connectivity index (χ0) is 29.0. The maximum atomic E-state index is 12.3. The lowest BCUT2D eigenvalue weighted by Gasteiger charge is -2.24. The number of nitrogens with zero attached hydrogens (tertiary/aromatic N) is 2. The van der Waals surface area contributed by atoms with Crippen LogP contribution >= 0.6 is 7.82 Å². The number of nitrogens with one attached hydrogen (secondary N) is 3. The highest BCUT2D eigenvalue weighted by atomic mass is 31.2. The lowest BCUT2D eigenvalue weighted by molar-refractivity contribution is -0.127. The van der Waals surface area contributed by atoms with Crippen LogP contribution in [0.5, 0.6) is 0 Å². The van der Waals surface area contributed by atoms with Crippen molar-refractivity contribution in [3.63, 3.8) is 0 Å². The smallest absolute Gasteiger partial charge is 0.394 e. The van der Waals surface area contributed by atoms with E-state index in [1.165, 1.54) is 11.4 Å². The number of carbonyl (C=O) groups is 1. The zero-order valence-corrected chi connectivity index (χ0v) is 23.8. The Morgan fingerprint density at radius 3 is 2.63 bits per heavy atom. The first kappa shape index (κ1) is 30.2. The van der Waals surface area contributed by atoms with Crippen LogP contribution in [0.1, 0.15) is 57.8 Å². The second-order valence-electron chi connectivity index (χ2n) is 11.1. The molecule has 0 aromatic rings. The molecule has 5 aliphatic rings. The number of aliphatic hydroxyl groups excluding tert-OH is 3. The van der Waals surface area contributed by atoms with Gasteiger partial charge in [-0.05, 0) is 69.9 Å². The third kappa shape index (κ3) is 7.60. The van der Waals surface area contributed by atoms with Crippen LogP contribution in [-0.4, -0.2) is 94.1 Å². The van der Waals surface area contributed by atoms with Gasteiger partial charge in [-0.2, -0.15) is 0 Å². The van der Waals surface area contributed by atoms with Crippen LogP contribution in [0.15, 0.2) is 44.9 Å². The normalized spacial score (nSPS) is 29.2. The molecule has 8 bridgehead atoms. The third-order valence-electron chi connectivity index (χ3n) is 8.09. The van der Waals surface area contributed by atoms with Crippen molar-refractivity contribution in [2.75, 3.05) is 19.8 Å². The minimum absolute atomic E-state index is 0.0738. The van der Waals surface area contributed by atoms with Crippen molar-refractivity contribution in [2.24, 2.45) is 9.98 Å². The molecule has 0 radical (unpaired) electrons. The molecule has 5 rings (SSSR count). The van der Waals surface area contributed by atoms with Gasteiger partial charge in [-0.3, -0.25) is 19.0 Å². The summed E-state index contributed by atoms with van der Waals surface area (Å²) in [7, 11) is -4.71.